The molecule has 0 radical (unpaired) electrons. The zero-order chi connectivity index (χ0) is 17.5. The van der Waals surface area contributed by atoms with Gasteiger partial charge in [0.2, 0.25) is 0 Å². The Bertz CT molecular complexity index is 753. The van der Waals surface area contributed by atoms with Crippen LogP contribution in [0.15, 0.2) is 71.6 Å². The van der Waals surface area contributed by atoms with Crippen molar-refractivity contribution in [3.63, 3.8) is 0 Å². The van der Waals surface area contributed by atoms with Gasteiger partial charge < -0.3 is 19.6 Å². The lowest BCUT2D eigenvalue weighted by Crippen LogP contribution is -2.34. The SMILES string of the molecule is CC(O)(CNCc1ccc(OCc2ccncc2)cc1)c1ccco1. The van der Waals surface area contributed by atoms with Crippen molar-refractivity contribution in [3.05, 3.63) is 84.1 Å². The molecule has 0 saturated heterocycles. The average Bonchev–Trinajstić information content (AvgIpc) is 3.18. The van der Waals surface area contributed by atoms with E-state index in [0.717, 1.165) is 16.9 Å². The maximum absolute atomic E-state index is 10.4. The Morgan fingerprint density at radius 1 is 1.08 bits per heavy atom. The molecular weight excluding hydrogens is 316 g/mol. The summed E-state index contributed by atoms with van der Waals surface area (Å²) in [5, 5.41) is 13.6. The first-order valence-corrected chi connectivity index (χ1v) is 8.21. The largest absolute Gasteiger partial charge is 0.489 e. The van der Waals surface area contributed by atoms with E-state index in [9.17, 15) is 5.11 Å². The molecule has 1 aromatic carbocycles. The fraction of sp³-hybridized carbons (Fsp3) is 0.250. The minimum atomic E-state index is -1.03. The van der Waals surface area contributed by atoms with E-state index in [4.69, 9.17) is 9.15 Å². The van der Waals surface area contributed by atoms with Crippen molar-refractivity contribution in [1.29, 1.82) is 0 Å². The zero-order valence-electron chi connectivity index (χ0n) is 14.2. The lowest BCUT2D eigenvalue weighted by molar-refractivity contribution is 0.0340. The molecule has 0 saturated carbocycles. The van der Waals surface area contributed by atoms with Crippen LogP contribution in [-0.4, -0.2) is 16.6 Å². The molecule has 2 aromatic heterocycles. The first-order chi connectivity index (χ1) is 12.1. The van der Waals surface area contributed by atoms with Gasteiger partial charge in [-0.25, -0.2) is 0 Å². The monoisotopic (exact) mass is 338 g/mol. The maximum atomic E-state index is 10.4. The molecule has 0 aliphatic rings. The number of aromatic nitrogens is 1. The number of hydrogen-bond acceptors (Lipinski definition) is 5. The van der Waals surface area contributed by atoms with Gasteiger partial charge >= 0.3 is 0 Å². The molecule has 0 aliphatic heterocycles. The molecule has 2 heterocycles. The third-order valence-corrected chi connectivity index (χ3v) is 3.93. The van der Waals surface area contributed by atoms with Crippen LogP contribution in [-0.2, 0) is 18.8 Å². The number of aliphatic hydroxyl groups is 1. The van der Waals surface area contributed by atoms with Crippen molar-refractivity contribution >= 4 is 0 Å². The van der Waals surface area contributed by atoms with Gasteiger partial charge in [0.25, 0.3) is 0 Å². The topological polar surface area (TPSA) is 67.5 Å². The van der Waals surface area contributed by atoms with Gasteiger partial charge in [-0.05, 0) is 54.4 Å². The zero-order valence-corrected chi connectivity index (χ0v) is 14.2. The van der Waals surface area contributed by atoms with Gasteiger partial charge in [-0.1, -0.05) is 12.1 Å². The van der Waals surface area contributed by atoms with Crippen LogP contribution in [0.4, 0.5) is 0 Å². The Morgan fingerprint density at radius 3 is 2.52 bits per heavy atom. The molecule has 3 rings (SSSR count). The number of furan rings is 1. The maximum Gasteiger partial charge on any atom is 0.136 e. The third-order valence-electron chi connectivity index (χ3n) is 3.93. The van der Waals surface area contributed by atoms with Gasteiger partial charge in [0.05, 0.1) is 6.26 Å². The summed E-state index contributed by atoms with van der Waals surface area (Å²) in [7, 11) is 0. The van der Waals surface area contributed by atoms with E-state index in [2.05, 4.69) is 10.3 Å². The fourth-order valence-corrected chi connectivity index (χ4v) is 2.47. The molecule has 1 atom stereocenters. The number of nitrogens with one attached hydrogen (secondary N) is 1. The van der Waals surface area contributed by atoms with Crippen LogP contribution in [0.5, 0.6) is 5.75 Å². The molecule has 2 N–H and O–H groups in total. The number of ether oxygens (including phenoxy) is 1. The van der Waals surface area contributed by atoms with E-state index in [1.807, 2.05) is 36.4 Å². The predicted molar refractivity (Wildman–Crippen MR) is 95.0 cm³/mol. The summed E-state index contributed by atoms with van der Waals surface area (Å²) in [4.78, 5) is 3.99. The van der Waals surface area contributed by atoms with E-state index in [1.54, 1.807) is 37.7 Å². The fourth-order valence-electron chi connectivity index (χ4n) is 2.47. The molecule has 0 amide bonds. The van der Waals surface area contributed by atoms with Gasteiger partial charge in [-0.3, -0.25) is 4.98 Å². The quantitative estimate of drug-likeness (QED) is 0.660. The molecule has 25 heavy (non-hydrogen) atoms. The Labute approximate surface area is 147 Å². The average molecular weight is 338 g/mol. The molecule has 1 unspecified atom stereocenters. The Morgan fingerprint density at radius 2 is 1.84 bits per heavy atom. The van der Waals surface area contributed by atoms with Gasteiger partial charge in [0.15, 0.2) is 0 Å². The lowest BCUT2D eigenvalue weighted by Gasteiger charge is -2.21. The van der Waals surface area contributed by atoms with Gasteiger partial charge in [0.1, 0.15) is 23.7 Å². The summed E-state index contributed by atoms with van der Waals surface area (Å²) < 4.78 is 11.0. The second kappa shape index (κ2) is 7.96. The molecule has 3 aromatic rings. The molecule has 0 aliphatic carbocycles. The van der Waals surface area contributed by atoms with E-state index in [1.165, 1.54) is 0 Å². The summed E-state index contributed by atoms with van der Waals surface area (Å²) in [5.74, 6) is 1.38. The van der Waals surface area contributed by atoms with Crippen LogP contribution in [0, 0.1) is 0 Å². The summed E-state index contributed by atoms with van der Waals surface area (Å²) in [6.45, 7) is 3.31. The summed E-state index contributed by atoms with van der Waals surface area (Å²) in [6, 6.07) is 15.3. The first-order valence-electron chi connectivity index (χ1n) is 8.21. The van der Waals surface area contributed by atoms with E-state index >= 15 is 0 Å². The number of nitrogens with zero attached hydrogens (tertiary/aromatic N) is 1. The molecule has 5 nitrogen and oxygen atoms in total. The third kappa shape index (κ3) is 4.92. The van der Waals surface area contributed by atoms with Crippen LogP contribution in [0.3, 0.4) is 0 Å². The van der Waals surface area contributed by atoms with E-state index < -0.39 is 5.60 Å². The standard InChI is InChI=1S/C20H22N2O3/c1-20(23,19-3-2-12-24-19)15-22-13-16-4-6-18(7-5-16)25-14-17-8-10-21-11-9-17/h2-12,22-23H,13-15H2,1H3. The van der Waals surface area contributed by atoms with Crippen LogP contribution >= 0.6 is 0 Å². The smallest absolute Gasteiger partial charge is 0.136 e. The molecule has 0 spiro atoms. The number of hydrogen-bond donors (Lipinski definition) is 2. The highest BCUT2D eigenvalue weighted by Crippen LogP contribution is 2.20. The van der Waals surface area contributed by atoms with Crippen molar-refractivity contribution in [1.82, 2.24) is 10.3 Å². The summed E-state index contributed by atoms with van der Waals surface area (Å²) in [6.07, 6.45) is 5.07. The Hall–Kier alpha value is -2.63. The van der Waals surface area contributed by atoms with Crippen molar-refractivity contribution in [2.75, 3.05) is 6.54 Å². The van der Waals surface area contributed by atoms with Crippen LogP contribution in [0.1, 0.15) is 23.8 Å². The first kappa shape index (κ1) is 17.2. The van der Waals surface area contributed by atoms with Crippen LogP contribution in [0.25, 0.3) is 0 Å². The number of benzene rings is 1. The molecule has 0 fully saturated rings. The normalized spacial score (nSPS) is 13.4. The number of pyridine rings is 1. The molecule has 0 bridgehead atoms. The van der Waals surface area contributed by atoms with Crippen LogP contribution < -0.4 is 10.1 Å². The minimum Gasteiger partial charge on any atom is -0.489 e. The van der Waals surface area contributed by atoms with E-state index in [-0.39, 0.29) is 0 Å². The second-order valence-corrected chi connectivity index (χ2v) is 6.14. The summed E-state index contributed by atoms with van der Waals surface area (Å²) in [5.41, 5.74) is 1.17. The molecule has 130 valence electrons. The highest BCUT2D eigenvalue weighted by Gasteiger charge is 2.25. The van der Waals surface area contributed by atoms with Crippen molar-refractivity contribution in [2.45, 2.75) is 25.7 Å². The Kier molecular flexibility index (Phi) is 5.48. The van der Waals surface area contributed by atoms with Gasteiger partial charge in [-0.2, -0.15) is 0 Å². The molecular formula is C20H22N2O3. The Balaban J connectivity index is 1.46. The van der Waals surface area contributed by atoms with Crippen molar-refractivity contribution in [3.8, 4) is 5.75 Å². The van der Waals surface area contributed by atoms with Crippen molar-refractivity contribution in [2.24, 2.45) is 0 Å². The highest BCUT2D eigenvalue weighted by molar-refractivity contribution is 5.27. The van der Waals surface area contributed by atoms with E-state index in [0.29, 0.717) is 25.5 Å². The molecule has 5 heteroatoms. The van der Waals surface area contributed by atoms with Crippen LogP contribution in [0.2, 0.25) is 0 Å². The predicted octanol–water partition coefficient (Wildman–Crippen LogP) is 3.25. The van der Waals surface area contributed by atoms with Gasteiger partial charge in [-0.15, -0.1) is 0 Å². The number of rotatable bonds is 8. The minimum absolute atomic E-state index is 0.404. The van der Waals surface area contributed by atoms with Crippen molar-refractivity contribution < 1.29 is 14.3 Å². The summed E-state index contributed by atoms with van der Waals surface area (Å²) >= 11 is 0. The highest BCUT2D eigenvalue weighted by atomic mass is 16.5. The van der Waals surface area contributed by atoms with Gasteiger partial charge in [0, 0.05) is 25.5 Å². The second-order valence-electron chi connectivity index (χ2n) is 6.14. The lowest BCUT2D eigenvalue weighted by atomic mass is 10.0.